The summed E-state index contributed by atoms with van der Waals surface area (Å²) in [4.78, 5) is 24.7. The van der Waals surface area contributed by atoms with Crippen molar-refractivity contribution in [2.45, 2.75) is 24.3 Å². The Morgan fingerprint density at radius 2 is 1.76 bits per heavy atom. The van der Waals surface area contributed by atoms with Gasteiger partial charge in [0.15, 0.2) is 16.6 Å². The number of hydrogen-bond acceptors (Lipinski definition) is 8. The topological polar surface area (TPSA) is 102 Å². The van der Waals surface area contributed by atoms with Crippen LogP contribution in [0.2, 0.25) is 0 Å². The van der Waals surface area contributed by atoms with Crippen LogP contribution in [0.4, 0.5) is 10.8 Å². The second-order valence-corrected chi connectivity index (χ2v) is 12.9. The average Bonchev–Trinajstić information content (AvgIpc) is 3.45. The molecule has 3 aromatic carbocycles. The number of nitrogens with zero attached hydrogens (tertiary/aromatic N) is 4. The molecule has 1 amide bonds. The fraction of sp³-hybridized carbons (Fsp3) is 0.194. The van der Waals surface area contributed by atoms with E-state index in [0.29, 0.717) is 53.2 Å². The minimum absolute atomic E-state index is 0.139. The van der Waals surface area contributed by atoms with Gasteiger partial charge < -0.3 is 9.47 Å². The normalized spacial score (nSPS) is 14.4. The van der Waals surface area contributed by atoms with Crippen molar-refractivity contribution in [2.75, 3.05) is 29.0 Å². The maximum Gasteiger partial charge on any atom is 0.264 e. The van der Waals surface area contributed by atoms with Gasteiger partial charge in [-0.3, -0.25) is 19.0 Å². The van der Waals surface area contributed by atoms with Gasteiger partial charge in [0, 0.05) is 36.6 Å². The van der Waals surface area contributed by atoms with E-state index in [-0.39, 0.29) is 17.3 Å². The lowest BCUT2D eigenvalue weighted by molar-refractivity contribution is 0.0985. The van der Waals surface area contributed by atoms with E-state index in [1.54, 1.807) is 29.4 Å². The monoisotopic (exact) mass is 598 g/mol. The largest absolute Gasteiger partial charge is 0.486 e. The van der Waals surface area contributed by atoms with E-state index < -0.39 is 10.0 Å². The molecule has 11 heteroatoms. The molecule has 0 bridgehead atoms. The maximum atomic E-state index is 14.0. The Labute approximate surface area is 247 Å². The van der Waals surface area contributed by atoms with Crippen LogP contribution in [-0.4, -0.2) is 44.1 Å². The predicted octanol–water partition coefficient (Wildman–Crippen LogP) is 5.45. The Balaban J connectivity index is 1.22. The summed E-state index contributed by atoms with van der Waals surface area (Å²) >= 11 is 1.38. The highest BCUT2D eigenvalue weighted by molar-refractivity contribution is 7.92. The van der Waals surface area contributed by atoms with Gasteiger partial charge in [-0.15, -0.1) is 0 Å². The minimum atomic E-state index is -3.80. The van der Waals surface area contributed by atoms with Gasteiger partial charge in [-0.05, 0) is 60.4 Å². The van der Waals surface area contributed by atoms with Crippen molar-refractivity contribution >= 4 is 48.3 Å². The van der Waals surface area contributed by atoms with Crippen LogP contribution >= 0.6 is 11.3 Å². The molecule has 2 aliphatic rings. The lowest BCUT2D eigenvalue weighted by atomic mass is 10.0. The number of hydrogen-bond donors (Lipinski definition) is 0. The number of sulfonamides is 1. The summed E-state index contributed by atoms with van der Waals surface area (Å²) in [7, 11) is -3.80. The molecular weight excluding hydrogens is 572 g/mol. The SMILES string of the molecule is O=C(c1ccc(S(=O)(=O)N2CCCc3ccccc32)cc1)N(Cc1cccnc1)c1nc2cc3c(cc2s1)OCCO3. The fourth-order valence-corrected chi connectivity index (χ4v) is 7.78. The molecule has 4 heterocycles. The van der Waals surface area contributed by atoms with Crippen molar-refractivity contribution in [1.82, 2.24) is 9.97 Å². The number of anilines is 2. The number of aryl methyl sites for hydroxylation is 1. The second kappa shape index (κ2) is 10.7. The van der Waals surface area contributed by atoms with Crippen LogP contribution in [0.15, 0.2) is 90.1 Å². The van der Waals surface area contributed by atoms with Gasteiger partial charge in [0.1, 0.15) is 13.2 Å². The van der Waals surface area contributed by atoms with E-state index in [4.69, 9.17) is 14.5 Å². The number of amides is 1. The molecule has 2 aliphatic heterocycles. The molecule has 5 aromatic rings. The summed E-state index contributed by atoms with van der Waals surface area (Å²) in [6.45, 7) is 1.60. The second-order valence-electron chi connectivity index (χ2n) is 10.0. The highest BCUT2D eigenvalue weighted by Crippen LogP contribution is 2.39. The number of carbonyl (C=O) groups is 1. The van der Waals surface area contributed by atoms with Gasteiger partial charge in [0.25, 0.3) is 15.9 Å². The summed E-state index contributed by atoms with van der Waals surface area (Å²) in [5.41, 5.74) is 3.60. The summed E-state index contributed by atoms with van der Waals surface area (Å²) in [5.74, 6) is 0.980. The Bertz CT molecular complexity index is 1850. The van der Waals surface area contributed by atoms with Crippen molar-refractivity contribution in [1.29, 1.82) is 0 Å². The fourth-order valence-electron chi connectivity index (χ4n) is 5.27. The molecule has 0 saturated heterocycles. The molecule has 0 aliphatic carbocycles. The third-order valence-electron chi connectivity index (χ3n) is 7.34. The molecule has 0 spiro atoms. The summed E-state index contributed by atoms with van der Waals surface area (Å²) in [6, 6.07) is 21.1. The highest BCUT2D eigenvalue weighted by Gasteiger charge is 2.30. The first-order valence-electron chi connectivity index (χ1n) is 13.6. The van der Waals surface area contributed by atoms with Crippen LogP contribution in [0.5, 0.6) is 11.5 Å². The number of aromatic nitrogens is 2. The van der Waals surface area contributed by atoms with Gasteiger partial charge >= 0.3 is 0 Å². The number of benzene rings is 3. The number of rotatable bonds is 6. The minimum Gasteiger partial charge on any atom is -0.486 e. The van der Waals surface area contributed by atoms with Gasteiger partial charge in [-0.25, -0.2) is 13.4 Å². The highest BCUT2D eigenvalue weighted by atomic mass is 32.2. The number of thiazole rings is 1. The van der Waals surface area contributed by atoms with Crippen LogP contribution in [0.1, 0.15) is 27.9 Å². The number of carbonyl (C=O) groups excluding carboxylic acids is 1. The van der Waals surface area contributed by atoms with Crippen molar-refractivity contribution < 1.29 is 22.7 Å². The van der Waals surface area contributed by atoms with Crippen molar-refractivity contribution in [3.8, 4) is 11.5 Å². The van der Waals surface area contributed by atoms with Gasteiger partial charge in [-0.1, -0.05) is 35.6 Å². The summed E-state index contributed by atoms with van der Waals surface area (Å²) < 4.78 is 41.0. The first-order chi connectivity index (χ1) is 20.5. The Morgan fingerprint density at radius 1 is 0.976 bits per heavy atom. The van der Waals surface area contributed by atoms with Gasteiger partial charge in [-0.2, -0.15) is 0 Å². The molecule has 0 radical (unpaired) electrons. The smallest absolute Gasteiger partial charge is 0.264 e. The summed E-state index contributed by atoms with van der Waals surface area (Å²) in [5, 5.41) is 0.503. The Morgan fingerprint density at radius 3 is 2.55 bits per heavy atom. The Hall–Kier alpha value is -4.48. The van der Waals surface area contributed by atoms with E-state index in [0.717, 1.165) is 28.7 Å². The Kier molecular flexibility index (Phi) is 6.75. The first kappa shape index (κ1) is 26.4. The number of fused-ring (bicyclic) bond motifs is 3. The van der Waals surface area contributed by atoms with Gasteiger partial charge in [0.05, 0.1) is 27.3 Å². The number of pyridine rings is 1. The lowest BCUT2D eigenvalue weighted by Gasteiger charge is -2.30. The molecule has 0 atom stereocenters. The van der Waals surface area contributed by atoms with E-state index in [9.17, 15) is 13.2 Å². The zero-order chi connectivity index (χ0) is 28.7. The van der Waals surface area contributed by atoms with E-state index in [1.807, 2.05) is 48.5 Å². The molecule has 42 heavy (non-hydrogen) atoms. The molecule has 0 saturated carbocycles. The molecule has 0 fully saturated rings. The standard InChI is InChI=1S/C31H26N4O5S2/c36-30(23-9-11-24(12-10-23)42(37,38)35-14-4-7-22-6-1-2-8-26(22)35)34(20-21-5-3-13-32-19-21)31-33-25-17-27-28(18-29(25)41-31)40-16-15-39-27/h1-3,5-6,8-13,17-19H,4,7,14-16,20H2. The average molecular weight is 599 g/mol. The molecular formula is C31H26N4O5S2. The van der Waals surface area contributed by atoms with Crippen LogP contribution in [0, 0.1) is 0 Å². The molecule has 9 nitrogen and oxygen atoms in total. The van der Waals surface area contributed by atoms with Crippen molar-refractivity contribution in [3.05, 3.63) is 102 Å². The lowest BCUT2D eigenvalue weighted by Crippen LogP contribution is -2.35. The van der Waals surface area contributed by atoms with E-state index >= 15 is 0 Å². The zero-order valence-corrected chi connectivity index (χ0v) is 24.1. The molecule has 2 aromatic heterocycles. The third-order valence-corrected chi connectivity index (χ3v) is 10.2. The van der Waals surface area contributed by atoms with Crippen LogP contribution < -0.4 is 18.7 Å². The van der Waals surface area contributed by atoms with E-state index in [2.05, 4.69) is 4.98 Å². The molecule has 212 valence electrons. The molecule has 7 rings (SSSR count). The zero-order valence-electron chi connectivity index (χ0n) is 22.5. The number of para-hydroxylation sites is 1. The number of ether oxygens (including phenoxy) is 2. The summed E-state index contributed by atoms with van der Waals surface area (Å²) in [6.07, 6.45) is 4.98. The van der Waals surface area contributed by atoms with Crippen LogP contribution in [-0.2, 0) is 23.0 Å². The third kappa shape index (κ3) is 4.84. The molecule has 0 N–H and O–H groups in total. The van der Waals surface area contributed by atoms with Crippen LogP contribution in [0.3, 0.4) is 0 Å². The van der Waals surface area contributed by atoms with E-state index in [1.165, 1.54) is 27.8 Å². The quantitative estimate of drug-likeness (QED) is 0.256. The first-order valence-corrected chi connectivity index (χ1v) is 15.8. The maximum absolute atomic E-state index is 14.0. The molecule has 0 unspecified atom stereocenters. The van der Waals surface area contributed by atoms with Crippen LogP contribution in [0.25, 0.3) is 10.2 Å². The van der Waals surface area contributed by atoms with Crippen molar-refractivity contribution in [3.63, 3.8) is 0 Å². The predicted molar refractivity (Wildman–Crippen MR) is 161 cm³/mol. The van der Waals surface area contributed by atoms with Gasteiger partial charge in [0.2, 0.25) is 0 Å². The van der Waals surface area contributed by atoms with Crippen molar-refractivity contribution in [2.24, 2.45) is 0 Å².